The van der Waals surface area contributed by atoms with Crippen LogP contribution in [0.5, 0.6) is 5.75 Å². The van der Waals surface area contributed by atoms with E-state index in [1.54, 1.807) is 6.20 Å². The third-order valence-corrected chi connectivity index (χ3v) is 3.62. The van der Waals surface area contributed by atoms with Crippen molar-refractivity contribution in [1.29, 1.82) is 0 Å². The molecule has 2 fully saturated rings. The molecule has 4 nitrogen and oxygen atoms in total. The van der Waals surface area contributed by atoms with E-state index < -0.39 is 0 Å². The molecule has 2 heterocycles. The Labute approximate surface area is 108 Å². The predicted octanol–water partition coefficient (Wildman–Crippen LogP) is 2.46. The summed E-state index contributed by atoms with van der Waals surface area (Å²) >= 11 is 0. The van der Waals surface area contributed by atoms with Crippen LogP contribution in [0.2, 0.25) is 0 Å². The van der Waals surface area contributed by atoms with Crippen LogP contribution in [0.15, 0.2) is 18.3 Å². The standard InChI is InChI=1S/C14H20N2O2/c1-2-17-12-4-3-8-15-14(12)16-11-7-9-18-13(11)10-5-6-10/h3-4,8,10-11,13H,2,5-7,9H2,1H3,(H,15,16). The maximum atomic E-state index is 5.83. The Morgan fingerprint density at radius 2 is 2.33 bits per heavy atom. The fourth-order valence-electron chi connectivity index (χ4n) is 2.60. The summed E-state index contributed by atoms with van der Waals surface area (Å²) in [6.45, 7) is 3.51. The molecular weight excluding hydrogens is 228 g/mol. The van der Waals surface area contributed by atoms with Gasteiger partial charge in [-0.05, 0) is 44.2 Å². The van der Waals surface area contributed by atoms with Crippen LogP contribution in [0.3, 0.4) is 0 Å². The number of rotatable bonds is 5. The Morgan fingerprint density at radius 3 is 3.11 bits per heavy atom. The lowest BCUT2D eigenvalue weighted by Crippen LogP contribution is -2.31. The number of nitrogens with one attached hydrogen (secondary N) is 1. The van der Waals surface area contributed by atoms with Gasteiger partial charge in [-0.15, -0.1) is 0 Å². The Bertz CT molecular complexity index is 407. The van der Waals surface area contributed by atoms with Crippen molar-refractivity contribution in [2.45, 2.75) is 38.3 Å². The van der Waals surface area contributed by atoms with Gasteiger partial charge in [0.1, 0.15) is 0 Å². The summed E-state index contributed by atoms with van der Waals surface area (Å²) in [5.74, 6) is 2.44. The van der Waals surface area contributed by atoms with Crippen molar-refractivity contribution in [1.82, 2.24) is 4.98 Å². The molecule has 1 N–H and O–H groups in total. The van der Waals surface area contributed by atoms with Crippen LogP contribution < -0.4 is 10.1 Å². The number of hydrogen-bond donors (Lipinski definition) is 1. The third-order valence-electron chi connectivity index (χ3n) is 3.62. The van der Waals surface area contributed by atoms with Gasteiger partial charge in [0.05, 0.1) is 18.8 Å². The molecule has 0 radical (unpaired) electrons. The molecule has 2 unspecified atom stereocenters. The van der Waals surface area contributed by atoms with Crippen molar-refractivity contribution in [2.24, 2.45) is 5.92 Å². The highest BCUT2D eigenvalue weighted by Gasteiger charge is 2.40. The quantitative estimate of drug-likeness (QED) is 0.869. The topological polar surface area (TPSA) is 43.4 Å². The molecule has 98 valence electrons. The number of anilines is 1. The number of hydrogen-bond acceptors (Lipinski definition) is 4. The minimum absolute atomic E-state index is 0.362. The Hall–Kier alpha value is -1.29. The van der Waals surface area contributed by atoms with Gasteiger partial charge in [0, 0.05) is 12.8 Å². The molecule has 1 saturated heterocycles. The minimum Gasteiger partial charge on any atom is -0.490 e. The highest BCUT2D eigenvalue weighted by Crippen LogP contribution is 2.40. The fraction of sp³-hybridized carbons (Fsp3) is 0.643. The maximum absolute atomic E-state index is 5.83. The van der Waals surface area contributed by atoms with Crippen LogP contribution in [0, 0.1) is 5.92 Å². The molecule has 1 aliphatic heterocycles. The number of nitrogens with zero attached hydrogens (tertiary/aromatic N) is 1. The van der Waals surface area contributed by atoms with Crippen molar-refractivity contribution >= 4 is 5.82 Å². The Kier molecular flexibility index (Phi) is 3.37. The predicted molar refractivity (Wildman–Crippen MR) is 69.9 cm³/mol. The average Bonchev–Trinajstić information content (AvgIpc) is 3.13. The van der Waals surface area contributed by atoms with Crippen LogP contribution in [-0.4, -0.2) is 30.3 Å². The van der Waals surface area contributed by atoms with Gasteiger partial charge in [0.25, 0.3) is 0 Å². The first kappa shape index (κ1) is 11.8. The van der Waals surface area contributed by atoms with Crippen LogP contribution >= 0.6 is 0 Å². The summed E-state index contributed by atoms with van der Waals surface area (Å²) in [6, 6.07) is 4.24. The molecule has 0 amide bonds. The average molecular weight is 248 g/mol. The zero-order valence-electron chi connectivity index (χ0n) is 10.8. The number of ether oxygens (including phenoxy) is 2. The Morgan fingerprint density at radius 1 is 1.44 bits per heavy atom. The van der Waals surface area contributed by atoms with Gasteiger partial charge in [-0.25, -0.2) is 4.98 Å². The second-order valence-electron chi connectivity index (χ2n) is 5.00. The number of pyridine rings is 1. The second kappa shape index (κ2) is 5.14. The van der Waals surface area contributed by atoms with Crippen molar-refractivity contribution in [3.63, 3.8) is 0 Å². The molecule has 1 aliphatic carbocycles. The van der Waals surface area contributed by atoms with Crippen molar-refractivity contribution in [3.05, 3.63) is 18.3 Å². The summed E-state index contributed by atoms with van der Waals surface area (Å²) in [5.41, 5.74) is 0. The molecule has 2 aliphatic rings. The van der Waals surface area contributed by atoms with Crippen LogP contribution in [-0.2, 0) is 4.74 Å². The van der Waals surface area contributed by atoms with E-state index in [4.69, 9.17) is 9.47 Å². The van der Waals surface area contributed by atoms with Crippen molar-refractivity contribution in [3.8, 4) is 5.75 Å². The molecule has 4 heteroatoms. The van der Waals surface area contributed by atoms with Gasteiger partial charge >= 0.3 is 0 Å². The normalized spacial score (nSPS) is 27.2. The first-order valence-corrected chi connectivity index (χ1v) is 6.84. The van der Waals surface area contributed by atoms with Gasteiger partial charge in [-0.2, -0.15) is 0 Å². The largest absolute Gasteiger partial charge is 0.490 e. The van der Waals surface area contributed by atoms with Gasteiger partial charge in [-0.3, -0.25) is 0 Å². The molecule has 1 saturated carbocycles. The van der Waals surface area contributed by atoms with E-state index in [1.807, 2.05) is 19.1 Å². The highest BCUT2D eigenvalue weighted by molar-refractivity contribution is 5.50. The van der Waals surface area contributed by atoms with E-state index in [2.05, 4.69) is 10.3 Å². The molecular formula is C14H20N2O2. The molecule has 1 aromatic rings. The van der Waals surface area contributed by atoms with E-state index in [9.17, 15) is 0 Å². The molecule has 18 heavy (non-hydrogen) atoms. The van der Waals surface area contributed by atoms with Gasteiger partial charge in [0.2, 0.25) is 0 Å². The van der Waals surface area contributed by atoms with E-state index in [0.29, 0.717) is 18.8 Å². The summed E-state index contributed by atoms with van der Waals surface area (Å²) < 4.78 is 11.4. The van der Waals surface area contributed by atoms with Crippen LogP contribution in [0.4, 0.5) is 5.82 Å². The van der Waals surface area contributed by atoms with E-state index in [-0.39, 0.29) is 0 Å². The van der Waals surface area contributed by atoms with Crippen LogP contribution in [0.25, 0.3) is 0 Å². The second-order valence-corrected chi connectivity index (χ2v) is 5.00. The first-order valence-electron chi connectivity index (χ1n) is 6.84. The van der Waals surface area contributed by atoms with Gasteiger partial charge in [-0.1, -0.05) is 0 Å². The summed E-state index contributed by atoms with van der Waals surface area (Å²) in [7, 11) is 0. The van der Waals surface area contributed by atoms with Crippen LogP contribution in [0.1, 0.15) is 26.2 Å². The van der Waals surface area contributed by atoms with Crippen molar-refractivity contribution in [2.75, 3.05) is 18.5 Å². The zero-order valence-corrected chi connectivity index (χ0v) is 10.8. The van der Waals surface area contributed by atoms with Gasteiger partial charge < -0.3 is 14.8 Å². The lowest BCUT2D eigenvalue weighted by atomic mass is 10.1. The van der Waals surface area contributed by atoms with Gasteiger partial charge in [0.15, 0.2) is 11.6 Å². The SMILES string of the molecule is CCOc1cccnc1NC1CCOC1C1CC1. The fourth-order valence-corrected chi connectivity index (χ4v) is 2.60. The zero-order chi connectivity index (χ0) is 12.4. The van der Waals surface area contributed by atoms with E-state index in [0.717, 1.165) is 30.5 Å². The van der Waals surface area contributed by atoms with E-state index >= 15 is 0 Å². The molecule has 0 aromatic carbocycles. The third kappa shape index (κ3) is 2.43. The molecule has 3 rings (SSSR count). The summed E-state index contributed by atoms with van der Waals surface area (Å²) in [4.78, 5) is 4.38. The smallest absolute Gasteiger partial charge is 0.169 e. The number of aromatic nitrogens is 1. The Balaban J connectivity index is 1.71. The van der Waals surface area contributed by atoms with E-state index in [1.165, 1.54) is 12.8 Å². The summed E-state index contributed by atoms with van der Waals surface area (Å²) in [6.07, 6.45) is 5.84. The highest BCUT2D eigenvalue weighted by atomic mass is 16.5. The lowest BCUT2D eigenvalue weighted by molar-refractivity contribution is 0.0897. The summed E-state index contributed by atoms with van der Waals surface area (Å²) in [5, 5.41) is 3.50. The van der Waals surface area contributed by atoms with Crippen molar-refractivity contribution < 1.29 is 9.47 Å². The lowest BCUT2D eigenvalue weighted by Gasteiger charge is -2.21. The first-order chi connectivity index (χ1) is 8.88. The minimum atomic E-state index is 0.362. The molecule has 1 aromatic heterocycles. The molecule has 2 atom stereocenters. The molecule has 0 spiro atoms. The monoisotopic (exact) mass is 248 g/mol. The molecule has 0 bridgehead atoms. The maximum Gasteiger partial charge on any atom is 0.169 e.